The highest BCUT2D eigenvalue weighted by molar-refractivity contribution is 7.13. The maximum absolute atomic E-state index is 13.4. The highest BCUT2D eigenvalue weighted by Crippen LogP contribution is 2.38. The van der Waals surface area contributed by atoms with Crippen LogP contribution in [0.3, 0.4) is 0 Å². The highest BCUT2D eigenvalue weighted by Gasteiger charge is 2.49. The molecule has 30 heavy (non-hydrogen) atoms. The summed E-state index contributed by atoms with van der Waals surface area (Å²) < 4.78 is 5.52. The molecule has 0 radical (unpaired) electrons. The number of ether oxygens (including phenoxy) is 1. The van der Waals surface area contributed by atoms with Crippen molar-refractivity contribution < 1.29 is 14.3 Å². The molecule has 0 saturated carbocycles. The topological polar surface area (TPSA) is 62.2 Å². The number of thiophene rings is 1. The number of likely N-dealkylation sites (tertiary alicyclic amines) is 1. The van der Waals surface area contributed by atoms with Crippen LogP contribution in [0.1, 0.15) is 44.1 Å². The predicted octanol–water partition coefficient (Wildman–Crippen LogP) is 4.31. The molecule has 1 fully saturated rings. The Morgan fingerprint density at radius 2 is 1.83 bits per heavy atom. The minimum absolute atomic E-state index is 0.0352. The van der Waals surface area contributed by atoms with Crippen molar-refractivity contribution in [2.24, 2.45) is 4.99 Å². The van der Waals surface area contributed by atoms with E-state index in [0.717, 1.165) is 10.4 Å². The molecular weight excluding hydrogens is 398 g/mol. The molecule has 2 aromatic rings. The molecule has 0 N–H and O–H groups in total. The summed E-state index contributed by atoms with van der Waals surface area (Å²) in [5, 5.41) is 1.96. The molecule has 0 atom stereocenters. The fraction of sp³-hybridized carbons (Fsp3) is 0.435. The summed E-state index contributed by atoms with van der Waals surface area (Å²) in [5.74, 6) is -0.0352. The van der Waals surface area contributed by atoms with Gasteiger partial charge in [-0.2, -0.15) is 0 Å². The normalized spacial score (nSPS) is 18.6. The minimum atomic E-state index is -0.620. The molecule has 1 saturated heterocycles. The van der Waals surface area contributed by atoms with Crippen LogP contribution in [0.25, 0.3) is 0 Å². The molecule has 4 rings (SSSR count). The van der Waals surface area contributed by atoms with Gasteiger partial charge in [0, 0.05) is 32.5 Å². The van der Waals surface area contributed by atoms with Crippen LogP contribution in [0.2, 0.25) is 0 Å². The fourth-order valence-electron chi connectivity index (χ4n) is 3.95. The number of amides is 2. The molecule has 1 aromatic heterocycles. The van der Waals surface area contributed by atoms with Gasteiger partial charge >= 0.3 is 6.09 Å². The summed E-state index contributed by atoms with van der Waals surface area (Å²) in [6.45, 7) is 7.12. The van der Waals surface area contributed by atoms with Gasteiger partial charge in [-0.1, -0.05) is 36.4 Å². The minimum Gasteiger partial charge on any atom is -0.444 e. The average molecular weight is 426 g/mol. The van der Waals surface area contributed by atoms with Gasteiger partial charge in [0.1, 0.15) is 17.0 Å². The summed E-state index contributed by atoms with van der Waals surface area (Å²) in [5.41, 5.74) is 0.457. The van der Waals surface area contributed by atoms with E-state index in [-0.39, 0.29) is 12.0 Å². The lowest BCUT2D eigenvalue weighted by atomic mass is 9.95. The third kappa shape index (κ3) is 4.12. The summed E-state index contributed by atoms with van der Waals surface area (Å²) in [6, 6.07) is 13.9. The maximum atomic E-state index is 13.4. The zero-order valence-electron chi connectivity index (χ0n) is 17.6. The van der Waals surface area contributed by atoms with Gasteiger partial charge in [0.05, 0.1) is 4.88 Å². The van der Waals surface area contributed by atoms with E-state index in [1.54, 1.807) is 4.90 Å². The number of aliphatic imine (C=N–C) groups is 1. The molecule has 2 aliphatic rings. The first-order chi connectivity index (χ1) is 14.3. The maximum Gasteiger partial charge on any atom is 0.410 e. The molecule has 0 bridgehead atoms. The number of nitrogens with zero attached hydrogens (tertiary/aromatic N) is 3. The third-order valence-corrected chi connectivity index (χ3v) is 6.30. The Kier molecular flexibility index (Phi) is 5.40. The molecule has 0 aliphatic carbocycles. The SMILES string of the molecule is CC(C)(C)OC(=O)N1CCC2(CC1)N=C(c1cccs1)C(=O)N2Cc1ccccc1. The number of piperidine rings is 1. The van der Waals surface area contributed by atoms with Crippen LogP contribution in [0, 0.1) is 0 Å². The van der Waals surface area contributed by atoms with E-state index in [9.17, 15) is 9.59 Å². The van der Waals surface area contributed by atoms with Gasteiger partial charge in [-0.3, -0.25) is 4.79 Å². The lowest BCUT2D eigenvalue weighted by Crippen LogP contribution is -2.54. The number of hydrogen-bond acceptors (Lipinski definition) is 5. The van der Waals surface area contributed by atoms with Crippen molar-refractivity contribution in [2.75, 3.05) is 13.1 Å². The Bertz CT molecular complexity index is 940. The number of benzene rings is 1. The van der Waals surface area contributed by atoms with Crippen molar-refractivity contribution in [3.8, 4) is 0 Å². The molecule has 0 unspecified atom stereocenters. The Hall–Kier alpha value is -2.67. The van der Waals surface area contributed by atoms with E-state index in [0.29, 0.717) is 38.2 Å². The molecule has 2 amide bonds. The first-order valence-corrected chi connectivity index (χ1v) is 11.1. The standard InChI is InChI=1S/C23H27N3O3S/c1-22(2,3)29-21(28)25-13-11-23(12-14-25)24-19(18-10-7-15-30-18)20(27)26(23)16-17-8-5-4-6-9-17/h4-10,15H,11-14,16H2,1-3H3. The van der Waals surface area contributed by atoms with Crippen LogP contribution < -0.4 is 0 Å². The summed E-state index contributed by atoms with van der Waals surface area (Å²) >= 11 is 1.53. The van der Waals surface area contributed by atoms with Gasteiger partial charge in [0.2, 0.25) is 0 Å². The number of carbonyl (C=O) groups is 2. The van der Waals surface area contributed by atoms with Crippen molar-refractivity contribution >= 4 is 29.0 Å². The van der Waals surface area contributed by atoms with Crippen LogP contribution in [-0.4, -0.2) is 51.9 Å². The van der Waals surface area contributed by atoms with Crippen molar-refractivity contribution in [3.05, 3.63) is 58.3 Å². The molecule has 2 aliphatic heterocycles. The largest absolute Gasteiger partial charge is 0.444 e. The Morgan fingerprint density at radius 3 is 2.43 bits per heavy atom. The van der Waals surface area contributed by atoms with E-state index in [2.05, 4.69) is 0 Å². The molecule has 3 heterocycles. The molecule has 7 heteroatoms. The fourth-order valence-corrected chi connectivity index (χ4v) is 4.65. The predicted molar refractivity (Wildman–Crippen MR) is 118 cm³/mol. The Labute approximate surface area is 181 Å². The second-order valence-electron chi connectivity index (χ2n) is 8.76. The molecule has 1 aromatic carbocycles. The summed E-state index contributed by atoms with van der Waals surface area (Å²) in [6.07, 6.45) is 0.887. The van der Waals surface area contributed by atoms with Crippen LogP contribution >= 0.6 is 11.3 Å². The van der Waals surface area contributed by atoms with Gasteiger partial charge in [0.15, 0.2) is 0 Å². The van der Waals surface area contributed by atoms with Crippen LogP contribution in [-0.2, 0) is 16.1 Å². The van der Waals surface area contributed by atoms with E-state index in [1.165, 1.54) is 11.3 Å². The van der Waals surface area contributed by atoms with Gasteiger partial charge in [-0.25, -0.2) is 9.79 Å². The van der Waals surface area contributed by atoms with Gasteiger partial charge < -0.3 is 14.5 Å². The van der Waals surface area contributed by atoms with Crippen LogP contribution in [0.5, 0.6) is 0 Å². The zero-order valence-corrected chi connectivity index (χ0v) is 18.4. The first kappa shape index (κ1) is 20.6. The van der Waals surface area contributed by atoms with Crippen molar-refractivity contribution in [3.63, 3.8) is 0 Å². The van der Waals surface area contributed by atoms with Crippen LogP contribution in [0.15, 0.2) is 52.8 Å². The first-order valence-electron chi connectivity index (χ1n) is 10.2. The van der Waals surface area contributed by atoms with Gasteiger partial charge in [0.25, 0.3) is 5.91 Å². The van der Waals surface area contributed by atoms with Crippen LogP contribution in [0.4, 0.5) is 4.79 Å². The Balaban J connectivity index is 1.58. The molecule has 6 nitrogen and oxygen atoms in total. The monoisotopic (exact) mass is 425 g/mol. The van der Waals surface area contributed by atoms with Crippen molar-refractivity contribution in [2.45, 2.75) is 51.4 Å². The zero-order chi connectivity index (χ0) is 21.4. The van der Waals surface area contributed by atoms with Crippen molar-refractivity contribution in [1.29, 1.82) is 0 Å². The van der Waals surface area contributed by atoms with E-state index >= 15 is 0 Å². The molecular formula is C23H27N3O3S. The lowest BCUT2D eigenvalue weighted by molar-refractivity contribution is -0.130. The second kappa shape index (κ2) is 7.87. The number of carbonyl (C=O) groups excluding carboxylic acids is 2. The quantitative estimate of drug-likeness (QED) is 0.736. The van der Waals surface area contributed by atoms with Gasteiger partial charge in [-0.15, -0.1) is 11.3 Å². The van der Waals surface area contributed by atoms with Gasteiger partial charge in [-0.05, 0) is 37.8 Å². The smallest absolute Gasteiger partial charge is 0.410 e. The van der Waals surface area contributed by atoms with E-state index < -0.39 is 11.3 Å². The second-order valence-corrected chi connectivity index (χ2v) is 9.71. The number of hydrogen-bond donors (Lipinski definition) is 0. The summed E-state index contributed by atoms with van der Waals surface area (Å²) in [7, 11) is 0. The van der Waals surface area contributed by atoms with E-state index in [1.807, 2.05) is 73.5 Å². The van der Waals surface area contributed by atoms with Crippen molar-refractivity contribution in [1.82, 2.24) is 9.80 Å². The lowest BCUT2D eigenvalue weighted by Gasteiger charge is -2.43. The highest BCUT2D eigenvalue weighted by atomic mass is 32.1. The average Bonchev–Trinajstić information content (AvgIpc) is 3.31. The summed E-state index contributed by atoms with van der Waals surface area (Å²) in [4.78, 5) is 35.4. The number of rotatable bonds is 3. The molecule has 158 valence electrons. The third-order valence-electron chi connectivity index (χ3n) is 5.42. The molecule has 1 spiro atoms. The Morgan fingerprint density at radius 1 is 1.13 bits per heavy atom. The van der Waals surface area contributed by atoms with E-state index in [4.69, 9.17) is 9.73 Å².